The van der Waals surface area contributed by atoms with Crippen LogP contribution in [-0.2, 0) is 0 Å². The van der Waals surface area contributed by atoms with E-state index in [1.54, 1.807) is 36.5 Å². The van der Waals surface area contributed by atoms with Gasteiger partial charge in [0.25, 0.3) is 5.91 Å². The summed E-state index contributed by atoms with van der Waals surface area (Å²) in [4.78, 5) is 15.7. The van der Waals surface area contributed by atoms with Crippen LogP contribution in [0.5, 0.6) is 5.75 Å². The van der Waals surface area contributed by atoms with Crippen molar-refractivity contribution in [1.29, 1.82) is 0 Å². The van der Waals surface area contributed by atoms with Gasteiger partial charge in [-0.05, 0) is 46.3 Å². The average molecular weight is 336 g/mol. The Bertz CT molecular complexity index is 587. The molecule has 0 saturated carbocycles. The molecule has 1 aromatic carbocycles. The Morgan fingerprint density at radius 1 is 1.30 bits per heavy atom. The number of nitrogen functional groups attached to an aromatic ring is 1. The highest BCUT2D eigenvalue weighted by Gasteiger charge is 2.05. The lowest BCUT2D eigenvalue weighted by Crippen LogP contribution is -2.28. The number of rotatable bonds is 5. The maximum absolute atomic E-state index is 11.8. The number of pyridine rings is 1. The van der Waals surface area contributed by atoms with E-state index in [1.807, 2.05) is 0 Å². The quantitative estimate of drug-likeness (QED) is 0.648. The zero-order valence-corrected chi connectivity index (χ0v) is 12.3. The molecule has 0 aliphatic rings. The molecule has 0 aliphatic heterocycles. The van der Waals surface area contributed by atoms with Crippen LogP contribution in [0, 0.1) is 0 Å². The van der Waals surface area contributed by atoms with Gasteiger partial charge in [0, 0.05) is 22.6 Å². The number of carbonyl (C=O) groups is 1. The molecule has 1 amide bonds. The molecule has 2 aromatic rings. The van der Waals surface area contributed by atoms with E-state index < -0.39 is 0 Å². The highest BCUT2D eigenvalue weighted by atomic mass is 79.9. The summed E-state index contributed by atoms with van der Waals surface area (Å²) in [5.74, 6) is 0.539. The van der Waals surface area contributed by atoms with E-state index >= 15 is 0 Å². The second-order valence-electron chi connectivity index (χ2n) is 4.07. The number of nitrogens with two attached hydrogens (primary N) is 1. The topological polar surface area (TPSA) is 77.2 Å². The summed E-state index contributed by atoms with van der Waals surface area (Å²) < 4.78 is 6.24. The molecule has 0 aliphatic carbocycles. The molecule has 0 radical (unpaired) electrons. The van der Waals surface area contributed by atoms with Crippen molar-refractivity contribution in [2.45, 2.75) is 0 Å². The average Bonchev–Trinajstić information content (AvgIpc) is 2.45. The van der Waals surface area contributed by atoms with Crippen LogP contribution < -0.4 is 15.8 Å². The fourth-order valence-electron chi connectivity index (χ4n) is 1.54. The monoisotopic (exact) mass is 335 g/mol. The van der Waals surface area contributed by atoms with Gasteiger partial charge >= 0.3 is 0 Å². The van der Waals surface area contributed by atoms with Gasteiger partial charge < -0.3 is 15.8 Å². The van der Waals surface area contributed by atoms with Crippen LogP contribution in [0.25, 0.3) is 0 Å². The zero-order valence-electron chi connectivity index (χ0n) is 10.7. The summed E-state index contributed by atoms with van der Waals surface area (Å²) in [7, 11) is 0. The van der Waals surface area contributed by atoms with Gasteiger partial charge in [-0.1, -0.05) is 0 Å². The van der Waals surface area contributed by atoms with Crippen molar-refractivity contribution in [3.05, 3.63) is 52.8 Å². The molecule has 5 nitrogen and oxygen atoms in total. The Hall–Kier alpha value is -2.08. The van der Waals surface area contributed by atoms with Crippen LogP contribution in [0.4, 0.5) is 5.69 Å². The maximum Gasteiger partial charge on any atom is 0.253 e. The fourth-order valence-corrected chi connectivity index (χ4v) is 1.90. The number of nitrogens with one attached hydrogen (secondary N) is 1. The fraction of sp³-hybridized carbons (Fsp3) is 0.143. The zero-order chi connectivity index (χ0) is 14.4. The molecule has 1 heterocycles. The third-order valence-corrected chi connectivity index (χ3v) is 2.94. The second-order valence-corrected chi connectivity index (χ2v) is 4.98. The Kier molecular flexibility index (Phi) is 4.95. The SMILES string of the molecule is Nc1ccc(OCCNC(=O)c2cncc(Br)c2)cc1. The summed E-state index contributed by atoms with van der Waals surface area (Å²) in [5, 5.41) is 2.76. The largest absolute Gasteiger partial charge is 0.492 e. The van der Waals surface area contributed by atoms with E-state index in [0.717, 1.165) is 10.2 Å². The number of nitrogens with zero attached hydrogens (tertiary/aromatic N) is 1. The normalized spacial score (nSPS) is 10.1. The third kappa shape index (κ3) is 4.24. The predicted octanol–water partition coefficient (Wildman–Crippen LogP) is 2.24. The van der Waals surface area contributed by atoms with Gasteiger partial charge in [-0.15, -0.1) is 0 Å². The molecular formula is C14H14BrN3O2. The Balaban J connectivity index is 1.76. The van der Waals surface area contributed by atoms with Crippen LogP contribution in [0.1, 0.15) is 10.4 Å². The molecule has 104 valence electrons. The van der Waals surface area contributed by atoms with E-state index in [2.05, 4.69) is 26.2 Å². The van der Waals surface area contributed by atoms with Crippen LogP contribution in [-0.4, -0.2) is 24.0 Å². The minimum absolute atomic E-state index is 0.181. The lowest BCUT2D eigenvalue weighted by molar-refractivity contribution is 0.0946. The molecule has 0 atom stereocenters. The third-order valence-electron chi connectivity index (χ3n) is 2.50. The molecule has 2 rings (SSSR count). The number of anilines is 1. The van der Waals surface area contributed by atoms with Gasteiger partial charge in [-0.3, -0.25) is 9.78 Å². The molecule has 20 heavy (non-hydrogen) atoms. The number of hydrogen-bond acceptors (Lipinski definition) is 4. The van der Waals surface area contributed by atoms with Gasteiger partial charge in [0.2, 0.25) is 0 Å². The molecule has 0 fully saturated rings. The van der Waals surface area contributed by atoms with Crippen LogP contribution in [0.2, 0.25) is 0 Å². The number of halogens is 1. The molecule has 6 heteroatoms. The summed E-state index contributed by atoms with van der Waals surface area (Å²) in [6.45, 7) is 0.798. The molecule has 0 saturated heterocycles. The number of ether oxygens (including phenoxy) is 1. The standard InChI is InChI=1S/C14H14BrN3O2/c15-11-7-10(8-17-9-11)14(19)18-5-6-20-13-3-1-12(16)2-4-13/h1-4,7-9H,5-6,16H2,(H,18,19). The van der Waals surface area contributed by atoms with Crippen LogP contribution >= 0.6 is 15.9 Å². The Morgan fingerprint density at radius 3 is 2.75 bits per heavy atom. The number of aromatic nitrogens is 1. The molecular weight excluding hydrogens is 322 g/mol. The first kappa shape index (κ1) is 14.3. The predicted molar refractivity (Wildman–Crippen MR) is 80.6 cm³/mol. The lowest BCUT2D eigenvalue weighted by atomic mass is 10.3. The number of carbonyl (C=O) groups excluding carboxylic acids is 1. The highest BCUT2D eigenvalue weighted by Crippen LogP contribution is 2.12. The first-order valence-corrected chi connectivity index (χ1v) is 6.81. The van der Waals surface area contributed by atoms with E-state index in [-0.39, 0.29) is 5.91 Å². The Morgan fingerprint density at radius 2 is 2.05 bits per heavy atom. The molecule has 1 aromatic heterocycles. The van der Waals surface area contributed by atoms with Gasteiger partial charge in [0.05, 0.1) is 12.1 Å². The summed E-state index contributed by atoms with van der Waals surface area (Å²) in [6, 6.07) is 8.82. The summed E-state index contributed by atoms with van der Waals surface area (Å²) in [6.07, 6.45) is 3.14. The summed E-state index contributed by atoms with van der Waals surface area (Å²) in [5.41, 5.74) is 6.77. The van der Waals surface area contributed by atoms with Crippen molar-refractivity contribution in [2.75, 3.05) is 18.9 Å². The van der Waals surface area contributed by atoms with Crippen LogP contribution in [0.15, 0.2) is 47.2 Å². The minimum atomic E-state index is -0.181. The smallest absolute Gasteiger partial charge is 0.253 e. The molecule has 3 N–H and O–H groups in total. The van der Waals surface area contributed by atoms with Crippen molar-refractivity contribution in [3.63, 3.8) is 0 Å². The van der Waals surface area contributed by atoms with E-state index in [9.17, 15) is 4.79 Å². The van der Waals surface area contributed by atoms with Crippen molar-refractivity contribution in [1.82, 2.24) is 10.3 Å². The van der Waals surface area contributed by atoms with E-state index in [4.69, 9.17) is 10.5 Å². The van der Waals surface area contributed by atoms with Crippen molar-refractivity contribution < 1.29 is 9.53 Å². The number of amides is 1. The Labute approximate surface area is 125 Å². The number of benzene rings is 1. The van der Waals surface area contributed by atoms with Gasteiger partial charge in [-0.2, -0.15) is 0 Å². The van der Waals surface area contributed by atoms with Crippen molar-refractivity contribution in [2.24, 2.45) is 0 Å². The molecule has 0 bridgehead atoms. The van der Waals surface area contributed by atoms with Crippen molar-refractivity contribution >= 4 is 27.5 Å². The number of hydrogen-bond donors (Lipinski definition) is 2. The lowest BCUT2D eigenvalue weighted by Gasteiger charge is -2.08. The first-order valence-electron chi connectivity index (χ1n) is 6.02. The van der Waals surface area contributed by atoms with E-state index in [0.29, 0.717) is 24.4 Å². The van der Waals surface area contributed by atoms with Gasteiger partial charge in [0.1, 0.15) is 12.4 Å². The minimum Gasteiger partial charge on any atom is -0.492 e. The first-order chi connectivity index (χ1) is 9.65. The van der Waals surface area contributed by atoms with Gasteiger partial charge in [0.15, 0.2) is 0 Å². The molecule has 0 spiro atoms. The second kappa shape index (κ2) is 6.91. The van der Waals surface area contributed by atoms with Crippen LogP contribution in [0.3, 0.4) is 0 Å². The highest BCUT2D eigenvalue weighted by molar-refractivity contribution is 9.10. The molecule has 0 unspecified atom stereocenters. The van der Waals surface area contributed by atoms with E-state index in [1.165, 1.54) is 6.20 Å². The maximum atomic E-state index is 11.8. The summed E-state index contributed by atoms with van der Waals surface area (Å²) >= 11 is 3.27. The van der Waals surface area contributed by atoms with Gasteiger partial charge in [-0.25, -0.2) is 0 Å². The van der Waals surface area contributed by atoms with Crippen molar-refractivity contribution in [3.8, 4) is 5.75 Å².